The van der Waals surface area contributed by atoms with Gasteiger partial charge in [-0.2, -0.15) is 0 Å². The van der Waals surface area contributed by atoms with Crippen molar-refractivity contribution in [3.8, 4) is 5.75 Å². The highest BCUT2D eigenvalue weighted by Crippen LogP contribution is 2.26. The number of hydrogen-bond donors (Lipinski definition) is 2. The van der Waals surface area contributed by atoms with Crippen molar-refractivity contribution < 1.29 is 17.9 Å². The average Bonchev–Trinajstić information content (AvgIpc) is 2.64. The molecule has 0 spiro atoms. The number of rotatable bonds is 5. The largest absolute Gasteiger partial charge is 0.496 e. The Bertz CT molecular complexity index is 1060. The van der Waals surface area contributed by atoms with Gasteiger partial charge in [0.1, 0.15) is 5.75 Å². The van der Waals surface area contributed by atoms with Crippen molar-refractivity contribution in [2.45, 2.75) is 11.4 Å². The molecule has 7 heteroatoms. The van der Waals surface area contributed by atoms with Gasteiger partial charge in [-0.25, -0.2) is 13.6 Å². The number of hydrogen-bond acceptors (Lipinski definition) is 4. The highest BCUT2D eigenvalue weighted by Gasteiger charge is 2.14. The maximum Gasteiger partial charge on any atom is 0.255 e. The van der Waals surface area contributed by atoms with Crippen molar-refractivity contribution in [2.75, 3.05) is 7.11 Å². The fourth-order valence-corrected chi connectivity index (χ4v) is 3.16. The zero-order chi connectivity index (χ0) is 18.7. The van der Waals surface area contributed by atoms with E-state index in [1.807, 2.05) is 30.3 Å². The molecule has 0 bridgehead atoms. The van der Waals surface area contributed by atoms with Crippen molar-refractivity contribution in [3.05, 3.63) is 71.8 Å². The molecule has 3 rings (SSSR count). The number of nitrogens with one attached hydrogen (secondary N) is 1. The van der Waals surface area contributed by atoms with Crippen LogP contribution in [0, 0.1) is 0 Å². The Labute approximate surface area is 151 Å². The normalized spacial score (nSPS) is 11.3. The van der Waals surface area contributed by atoms with Crippen LogP contribution in [0.4, 0.5) is 0 Å². The number of benzene rings is 3. The lowest BCUT2D eigenvalue weighted by Crippen LogP contribution is -2.23. The van der Waals surface area contributed by atoms with Gasteiger partial charge in [-0.1, -0.05) is 36.4 Å². The molecule has 0 fully saturated rings. The summed E-state index contributed by atoms with van der Waals surface area (Å²) in [6.45, 7) is 0.250. The summed E-state index contributed by atoms with van der Waals surface area (Å²) >= 11 is 0. The van der Waals surface area contributed by atoms with Crippen molar-refractivity contribution in [3.63, 3.8) is 0 Å². The second-order valence-corrected chi connectivity index (χ2v) is 7.33. The fourth-order valence-electron chi connectivity index (χ4n) is 2.64. The first-order chi connectivity index (χ1) is 12.4. The topological polar surface area (TPSA) is 98.5 Å². The van der Waals surface area contributed by atoms with Crippen LogP contribution in [0.5, 0.6) is 5.75 Å². The van der Waals surface area contributed by atoms with Gasteiger partial charge in [-0.05, 0) is 40.6 Å². The van der Waals surface area contributed by atoms with E-state index in [2.05, 4.69) is 5.32 Å². The van der Waals surface area contributed by atoms with E-state index in [0.29, 0.717) is 11.3 Å². The molecule has 0 unspecified atom stereocenters. The number of nitrogens with two attached hydrogens (primary N) is 1. The van der Waals surface area contributed by atoms with Crippen LogP contribution in [-0.4, -0.2) is 21.4 Å². The predicted molar refractivity (Wildman–Crippen MR) is 99.5 cm³/mol. The monoisotopic (exact) mass is 370 g/mol. The third kappa shape index (κ3) is 3.84. The SMILES string of the molecule is COc1cc2ccccc2cc1C(=O)NCc1ccc(S(N)(=O)=O)cc1. The molecule has 0 radical (unpaired) electrons. The second-order valence-electron chi connectivity index (χ2n) is 5.77. The molecule has 0 aromatic heterocycles. The Morgan fingerprint density at radius 1 is 1.04 bits per heavy atom. The minimum absolute atomic E-state index is 0.0313. The average molecular weight is 370 g/mol. The summed E-state index contributed by atoms with van der Waals surface area (Å²) < 4.78 is 27.9. The second kappa shape index (κ2) is 7.15. The standard InChI is InChI=1S/C19H18N2O4S/c1-25-18-11-15-5-3-2-4-14(15)10-17(18)19(22)21-12-13-6-8-16(9-7-13)26(20,23)24/h2-11H,12H2,1H3,(H,21,22)(H2,20,23,24). The zero-order valence-corrected chi connectivity index (χ0v) is 14.9. The fraction of sp³-hybridized carbons (Fsp3) is 0.105. The van der Waals surface area contributed by atoms with Gasteiger partial charge in [0.05, 0.1) is 17.6 Å². The molecule has 0 saturated carbocycles. The summed E-state index contributed by atoms with van der Waals surface area (Å²) in [7, 11) is -2.21. The molecule has 0 aliphatic carbocycles. The molecule has 0 heterocycles. The van der Waals surface area contributed by atoms with Crippen LogP contribution in [-0.2, 0) is 16.6 Å². The number of primary sulfonamides is 1. The molecule has 0 aliphatic heterocycles. The number of carbonyl (C=O) groups excluding carboxylic acids is 1. The summed E-state index contributed by atoms with van der Waals surface area (Å²) in [5, 5.41) is 9.81. The first kappa shape index (κ1) is 17.9. The van der Waals surface area contributed by atoms with E-state index in [1.54, 1.807) is 18.2 Å². The van der Waals surface area contributed by atoms with E-state index >= 15 is 0 Å². The predicted octanol–water partition coefficient (Wildman–Crippen LogP) is 2.43. The number of sulfonamides is 1. The molecule has 1 amide bonds. The minimum Gasteiger partial charge on any atom is -0.496 e. The van der Waals surface area contributed by atoms with Gasteiger partial charge < -0.3 is 10.1 Å². The quantitative estimate of drug-likeness (QED) is 0.720. The van der Waals surface area contributed by atoms with Gasteiger partial charge in [-0.15, -0.1) is 0 Å². The van der Waals surface area contributed by atoms with Crippen molar-refractivity contribution in [1.29, 1.82) is 0 Å². The molecule has 3 N–H and O–H groups in total. The zero-order valence-electron chi connectivity index (χ0n) is 14.1. The summed E-state index contributed by atoms with van der Waals surface area (Å²) in [5.41, 5.74) is 1.19. The van der Waals surface area contributed by atoms with Gasteiger partial charge in [0.15, 0.2) is 0 Å². The lowest BCUT2D eigenvalue weighted by Gasteiger charge is -2.11. The molecular weight excluding hydrogens is 352 g/mol. The Balaban J connectivity index is 1.79. The van der Waals surface area contributed by atoms with Crippen LogP contribution in [0.15, 0.2) is 65.6 Å². The van der Waals surface area contributed by atoms with E-state index in [9.17, 15) is 13.2 Å². The number of amides is 1. The van der Waals surface area contributed by atoms with E-state index in [0.717, 1.165) is 16.3 Å². The maximum atomic E-state index is 12.6. The molecular formula is C19H18N2O4S. The molecule has 26 heavy (non-hydrogen) atoms. The molecule has 3 aromatic carbocycles. The van der Waals surface area contributed by atoms with E-state index < -0.39 is 10.0 Å². The van der Waals surface area contributed by atoms with Crippen molar-refractivity contribution >= 4 is 26.7 Å². The Morgan fingerprint density at radius 3 is 2.23 bits per heavy atom. The third-order valence-corrected chi connectivity index (χ3v) is 4.95. The van der Waals surface area contributed by atoms with Gasteiger partial charge >= 0.3 is 0 Å². The molecule has 6 nitrogen and oxygen atoms in total. The number of ether oxygens (including phenoxy) is 1. The van der Waals surface area contributed by atoms with Gasteiger partial charge in [-0.3, -0.25) is 4.79 Å². The molecule has 0 saturated heterocycles. The first-order valence-electron chi connectivity index (χ1n) is 7.85. The summed E-state index contributed by atoms with van der Waals surface area (Å²) in [4.78, 5) is 12.6. The maximum absolute atomic E-state index is 12.6. The van der Waals surface area contributed by atoms with Gasteiger partial charge in [0.2, 0.25) is 10.0 Å². The number of fused-ring (bicyclic) bond motifs is 1. The first-order valence-corrected chi connectivity index (χ1v) is 9.40. The summed E-state index contributed by atoms with van der Waals surface area (Å²) in [6, 6.07) is 17.4. The highest BCUT2D eigenvalue weighted by atomic mass is 32.2. The highest BCUT2D eigenvalue weighted by molar-refractivity contribution is 7.89. The number of methoxy groups -OCH3 is 1. The number of carbonyl (C=O) groups is 1. The van der Waals surface area contributed by atoms with Crippen LogP contribution in [0.3, 0.4) is 0 Å². The van der Waals surface area contributed by atoms with Crippen LogP contribution in [0.1, 0.15) is 15.9 Å². The molecule has 0 aliphatic rings. The smallest absolute Gasteiger partial charge is 0.255 e. The lowest BCUT2D eigenvalue weighted by atomic mass is 10.1. The van der Waals surface area contributed by atoms with Crippen LogP contribution < -0.4 is 15.2 Å². The molecule has 134 valence electrons. The lowest BCUT2D eigenvalue weighted by molar-refractivity contribution is 0.0948. The summed E-state index contributed by atoms with van der Waals surface area (Å²) in [5.74, 6) is 0.217. The molecule has 3 aromatic rings. The minimum atomic E-state index is -3.73. The van der Waals surface area contributed by atoms with Crippen LogP contribution >= 0.6 is 0 Å². The van der Waals surface area contributed by atoms with Gasteiger partial charge in [0.25, 0.3) is 5.91 Å². The van der Waals surface area contributed by atoms with E-state index in [1.165, 1.54) is 19.2 Å². The van der Waals surface area contributed by atoms with E-state index in [-0.39, 0.29) is 17.3 Å². The van der Waals surface area contributed by atoms with Crippen LogP contribution in [0.25, 0.3) is 10.8 Å². The van der Waals surface area contributed by atoms with Crippen LogP contribution in [0.2, 0.25) is 0 Å². The van der Waals surface area contributed by atoms with Crippen molar-refractivity contribution in [1.82, 2.24) is 5.32 Å². The van der Waals surface area contributed by atoms with Crippen molar-refractivity contribution in [2.24, 2.45) is 5.14 Å². The van der Waals surface area contributed by atoms with E-state index in [4.69, 9.17) is 9.88 Å². The Morgan fingerprint density at radius 2 is 1.65 bits per heavy atom. The Kier molecular flexibility index (Phi) is 4.92. The summed E-state index contributed by atoms with van der Waals surface area (Å²) in [6.07, 6.45) is 0. The van der Waals surface area contributed by atoms with Gasteiger partial charge in [0, 0.05) is 6.54 Å². The third-order valence-electron chi connectivity index (χ3n) is 4.02. The molecule has 0 atom stereocenters. The Hall–Kier alpha value is -2.90.